The van der Waals surface area contributed by atoms with E-state index >= 15 is 0 Å². The van der Waals surface area contributed by atoms with Crippen LogP contribution in [0.3, 0.4) is 0 Å². The minimum absolute atomic E-state index is 0.0799. The van der Waals surface area contributed by atoms with E-state index in [-0.39, 0.29) is 30.2 Å². The Kier molecular flexibility index (Phi) is 7.22. The van der Waals surface area contributed by atoms with Gasteiger partial charge in [0.15, 0.2) is 12.3 Å². The van der Waals surface area contributed by atoms with E-state index in [0.717, 1.165) is 11.1 Å². The summed E-state index contributed by atoms with van der Waals surface area (Å²) in [6, 6.07) is 17.7. The van der Waals surface area contributed by atoms with Crippen molar-refractivity contribution < 1.29 is 19.1 Å². The number of aryl methyl sites for hydroxylation is 1. The monoisotopic (exact) mass is 499 g/mol. The van der Waals surface area contributed by atoms with Crippen molar-refractivity contribution in [3.05, 3.63) is 71.8 Å². The summed E-state index contributed by atoms with van der Waals surface area (Å²) in [5.41, 5.74) is 1.99. The summed E-state index contributed by atoms with van der Waals surface area (Å²) < 4.78 is 5.82. The fraction of sp³-hybridized carbons (Fsp3) is 0.375. The second-order valence-corrected chi connectivity index (χ2v) is 8.72. The van der Waals surface area contributed by atoms with E-state index in [1.807, 2.05) is 60.7 Å². The molecule has 2 aromatic rings. The van der Waals surface area contributed by atoms with Crippen LogP contribution in [0.25, 0.3) is 0 Å². The topological polar surface area (TPSA) is 87.7 Å². The Balaban J connectivity index is 1.39. The minimum atomic E-state index is -0.782. The van der Waals surface area contributed by atoms with Crippen LogP contribution in [0.5, 0.6) is 0 Å². The van der Waals surface area contributed by atoms with Gasteiger partial charge in [-0.1, -0.05) is 76.6 Å². The molecule has 0 spiro atoms. The Morgan fingerprint density at radius 3 is 2.38 bits per heavy atom. The van der Waals surface area contributed by atoms with Crippen LogP contribution in [-0.2, 0) is 32.0 Å². The Hall–Kier alpha value is -2.71. The standard InChI is InChI=1S/C24H26BrN3O4/c25-14-18-15-28-23(31)21(24(28)32-18)27-22(30)19(13-17-9-5-2-6-10-17)26-20(29)12-11-16-7-3-1-4-8-16/h1-10,18-19,21,24H,11-15H2,(H,26,29)(H,27,30)/t18?,19-,21+,24-/m0/s1. The van der Waals surface area contributed by atoms with E-state index in [1.54, 1.807) is 4.90 Å². The van der Waals surface area contributed by atoms with Gasteiger partial charge < -0.3 is 20.3 Å². The molecule has 32 heavy (non-hydrogen) atoms. The molecule has 7 nitrogen and oxygen atoms in total. The molecule has 2 aliphatic heterocycles. The molecule has 4 atom stereocenters. The molecule has 2 aromatic carbocycles. The van der Waals surface area contributed by atoms with Gasteiger partial charge in [0, 0.05) is 18.2 Å². The van der Waals surface area contributed by atoms with Crippen molar-refractivity contribution in [2.75, 3.05) is 11.9 Å². The zero-order valence-electron chi connectivity index (χ0n) is 17.6. The second kappa shape index (κ2) is 10.3. The van der Waals surface area contributed by atoms with Crippen molar-refractivity contribution in [1.82, 2.24) is 15.5 Å². The highest BCUT2D eigenvalue weighted by atomic mass is 79.9. The number of halogens is 1. The third kappa shape index (κ3) is 5.19. The first-order chi connectivity index (χ1) is 15.5. The van der Waals surface area contributed by atoms with Crippen LogP contribution in [0.1, 0.15) is 17.5 Å². The minimum Gasteiger partial charge on any atom is -0.350 e. The Morgan fingerprint density at radius 2 is 1.72 bits per heavy atom. The molecular formula is C24H26BrN3O4. The van der Waals surface area contributed by atoms with Gasteiger partial charge in [0.2, 0.25) is 11.8 Å². The van der Waals surface area contributed by atoms with E-state index in [4.69, 9.17) is 4.74 Å². The lowest BCUT2D eigenvalue weighted by molar-refractivity contribution is -0.166. The summed E-state index contributed by atoms with van der Waals surface area (Å²) in [5, 5.41) is 6.28. The third-order valence-corrected chi connectivity index (χ3v) is 6.48. The lowest BCUT2D eigenvalue weighted by Crippen LogP contribution is -2.70. The lowest BCUT2D eigenvalue weighted by atomic mass is 10.0. The molecule has 0 radical (unpaired) electrons. The zero-order valence-corrected chi connectivity index (χ0v) is 19.2. The molecular weight excluding hydrogens is 474 g/mol. The van der Waals surface area contributed by atoms with Gasteiger partial charge in [-0.25, -0.2) is 0 Å². The number of amides is 3. The second-order valence-electron chi connectivity index (χ2n) is 8.08. The van der Waals surface area contributed by atoms with Crippen molar-refractivity contribution in [2.45, 2.75) is 43.7 Å². The van der Waals surface area contributed by atoms with E-state index in [9.17, 15) is 14.4 Å². The maximum absolute atomic E-state index is 13.1. The first kappa shape index (κ1) is 22.5. The van der Waals surface area contributed by atoms with Gasteiger partial charge in [-0.05, 0) is 17.5 Å². The van der Waals surface area contributed by atoms with Crippen LogP contribution in [-0.4, -0.2) is 58.9 Å². The zero-order chi connectivity index (χ0) is 22.5. The maximum atomic E-state index is 13.1. The molecule has 3 amide bonds. The molecule has 0 saturated carbocycles. The van der Waals surface area contributed by atoms with Crippen LogP contribution < -0.4 is 10.6 Å². The highest BCUT2D eigenvalue weighted by Crippen LogP contribution is 2.30. The van der Waals surface area contributed by atoms with Gasteiger partial charge in [-0.15, -0.1) is 0 Å². The summed E-state index contributed by atoms with van der Waals surface area (Å²) in [4.78, 5) is 39.8. The molecule has 0 aromatic heterocycles. The summed E-state index contributed by atoms with van der Waals surface area (Å²) in [6.45, 7) is 0.519. The van der Waals surface area contributed by atoms with E-state index in [0.29, 0.717) is 24.7 Å². The molecule has 2 saturated heterocycles. The van der Waals surface area contributed by atoms with Crippen LogP contribution in [0.15, 0.2) is 60.7 Å². The molecule has 8 heteroatoms. The number of hydrogen-bond acceptors (Lipinski definition) is 4. The van der Waals surface area contributed by atoms with E-state index in [1.165, 1.54) is 0 Å². The molecule has 4 rings (SSSR count). The van der Waals surface area contributed by atoms with Crippen molar-refractivity contribution >= 4 is 33.7 Å². The number of ether oxygens (including phenoxy) is 1. The number of nitrogens with one attached hydrogen (secondary N) is 2. The van der Waals surface area contributed by atoms with Gasteiger partial charge in [-0.2, -0.15) is 0 Å². The Morgan fingerprint density at radius 1 is 1.06 bits per heavy atom. The van der Waals surface area contributed by atoms with Gasteiger partial charge in [0.1, 0.15) is 6.04 Å². The molecule has 2 N–H and O–H groups in total. The fourth-order valence-electron chi connectivity index (χ4n) is 4.03. The van der Waals surface area contributed by atoms with Crippen LogP contribution in [0.4, 0.5) is 0 Å². The Bertz CT molecular complexity index is 956. The number of fused-ring (bicyclic) bond motifs is 1. The van der Waals surface area contributed by atoms with E-state index < -0.39 is 18.3 Å². The van der Waals surface area contributed by atoms with Gasteiger partial charge in [-0.3, -0.25) is 14.4 Å². The van der Waals surface area contributed by atoms with Gasteiger partial charge in [0.05, 0.1) is 12.6 Å². The van der Waals surface area contributed by atoms with Crippen molar-refractivity contribution in [2.24, 2.45) is 0 Å². The number of alkyl halides is 1. The van der Waals surface area contributed by atoms with Crippen LogP contribution in [0, 0.1) is 0 Å². The summed E-state index contributed by atoms with van der Waals surface area (Å²) in [5.74, 6) is -0.741. The quantitative estimate of drug-likeness (QED) is 0.406. The van der Waals surface area contributed by atoms with Crippen molar-refractivity contribution in [1.29, 1.82) is 0 Å². The molecule has 2 aliphatic rings. The number of hydrogen-bond donors (Lipinski definition) is 2. The number of β-lactam (4-membered cyclic amide) rings is 1. The normalized spacial score (nSPS) is 22.6. The number of rotatable bonds is 9. The molecule has 2 fully saturated rings. The summed E-state index contributed by atoms with van der Waals surface area (Å²) in [7, 11) is 0. The van der Waals surface area contributed by atoms with Crippen molar-refractivity contribution in [3.63, 3.8) is 0 Å². The Labute approximate surface area is 195 Å². The third-order valence-electron chi connectivity index (χ3n) is 5.76. The predicted octanol–water partition coefficient (Wildman–Crippen LogP) is 1.79. The van der Waals surface area contributed by atoms with Crippen LogP contribution >= 0.6 is 15.9 Å². The first-order valence-electron chi connectivity index (χ1n) is 10.7. The smallest absolute Gasteiger partial charge is 0.252 e. The molecule has 168 valence electrons. The molecule has 0 aliphatic carbocycles. The molecule has 1 unspecified atom stereocenters. The first-order valence-corrected chi connectivity index (χ1v) is 11.9. The highest BCUT2D eigenvalue weighted by Gasteiger charge is 2.54. The summed E-state index contributed by atoms with van der Waals surface area (Å²) in [6.07, 6.45) is 0.678. The fourth-order valence-corrected chi connectivity index (χ4v) is 4.39. The van der Waals surface area contributed by atoms with Gasteiger partial charge in [0.25, 0.3) is 5.91 Å². The number of carbonyl (C=O) groups excluding carboxylic acids is 3. The number of nitrogens with zero attached hydrogens (tertiary/aromatic N) is 1. The number of carbonyl (C=O) groups is 3. The highest BCUT2D eigenvalue weighted by molar-refractivity contribution is 9.09. The average molecular weight is 500 g/mol. The van der Waals surface area contributed by atoms with E-state index in [2.05, 4.69) is 26.6 Å². The summed E-state index contributed by atoms with van der Waals surface area (Å²) >= 11 is 3.37. The maximum Gasteiger partial charge on any atom is 0.252 e. The predicted molar refractivity (Wildman–Crippen MR) is 123 cm³/mol. The van der Waals surface area contributed by atoms with Gasteiger partial charge >= 0.3 is 0 Å². The molecule has 0 bridgehead atoms. The number of benzene rings is 2. The largest absolute Gasteiger partial charge is 0.350 e. The van der Waals surface area contributed by atoms with Crippen LogP contribution in [0.2, 0.25) is 0 Å². The van der Waals surface area contributed by atoms with Crippen molar-refractivity contribution in [3.8, 4) is 0 Å². The average Bonchev–Trinajstić information content (AvgIpc) is 3.22. The molecule has 2 heterocycles. The SMILES string of the molecule is O=C(CCc1ccccc1)N[C@@H](Cc1ccccc1)C(=O)N[C@@H]1C(=O)N2CC(CBr)O[C@@H]12. The lowest BCUT2D eigenvalue weighted by Gasteiger charge is -2.41.